The first kappa shape index (κ1) is 17.0. The van der Waals surface area contributed by atoms with Crippen LogP contribution in [0.5, 0.6) is 0 Å². The fourth-order valence-corrected chi connectivity index (χ4v) is 4.33. The quantitative estimate of drug-likeness (QED) is 0.856. The van der Waals surface area contributed by atoms with Crippen LogP contribution in [0.15, 0.2) is 34.7 Å². The van der Waals surface area contributed by atoms with Gasteiger partial charge < -0.3 is 9.73 Å². The Balaban J connectivity index is 1.50. The Morgan fingerprint density at radius 1 is 1.16 bits per heavy atom. The van der Waals surface area contributed by atoms with Gasteiger partial charge in [-0.05, 0) is 69.1 Å². The van der Waals surface area contributed by atoms with Crippen LogP contribution in [0.4, 0.5) is 0 Å². The molecule has 3 aliphatic heterocycles. The average molecular weight is 379 g/mol. The minimum Gasteiger partial charge on any atom is -0.451 e. The van der Waals surface area contributed by atoms with Crippen molar-refractivity contribution in [2.75, 3.05) is 13.1 Å². The lowest BCUT2D eigenvalue weighted by atomic mass is 9.79. The molecule has 0 radical (unpaired) electrons. The van der Waals surface area contributed by atoms with E-state index in [2.05, 4.69) is 17.1 Å². The third kappa shape index (κ3) is 3.19. The Morgan fingerprint density at radius 2 is 1.92 bits per heavy atom. The van der Waals surface area contributed by atoms with Gasteiger partial charge in [0.05, 0.1) is 10.0 Å². The predicted molar refractivity (Wildman–Crippen MR) is 99.2 cm³/mol. The molecule has 3 aliphatic rings. The second-order valence-electron chi connectivity index (χ2n) is 6.91. The maximum atomic E-state index is 12.6. The molecule has 2 aromatic rings. The highest BCUT2D eigenvalue weighted by Gasteiger charge is 2.40. The Morgan fingerprint density at radius 3 is 2.60 bits per heavy atom. The number of hydrogen-bond acceptors (Lipinski definition) is 3. The average Bonchev–Trinajstić information content (AvgIpc) is 3.11. The van der Waals surface area contributed by atoms with Gasteiger partial charge in [-0.3, -0.25) is 9.69 Å². The Labute approximate surface area is 157 Å². The monoisotopic (exact) mass is 378 g/mol. The summed E-state index contributed by atoms with van der Waals surface area (Å²) in [6.07, 6.45) is 2.31. The lowest BCUT2D eigenvalue weighted by Gasteiger charge is -2.49. The van der Waals surface area contributed by atoms with E-state index in [9.17, 15) is 4.79 Å². The SMILES string of the molecule is CC1C(NC(=O)c2ccc(-c3ccc(Cl)c(Cl)c3)o2)C2CCN1CC2. The van der Waals surface area contributed by atoms with Crippen LogP contribution in [-0.4, -0.2) is 36.0 Å². The van der Waals surface area contributed by atoms with E-state index < -0.39 is 0 Å². The first-order valence-electron chi connectivity index (χ1n) is 8.63. The van der Waals surface area contributed by atoms with Crippen LogP contribution in [0.25, 0.3) is 11.3 Å². The molecule has 2 bridgehead atoms. The second-order valence-corrected chi connectivity index (χ2v) is 7.72. The van der Waals surface area contributed by atoms with Gasteiger partial charge in [0.15, 0.2) is 5.76 Å². The molecule has 4 nitrogen and oxygen atoms in total. The van der Waals surface area contributed by atoms with Crippen LogP contribution >= 0.6 is 23.2 Å². The number of benzene rings is 1. The molecule has 4 heterocycles. The first-order valence-corrected chi connectivity index (χ1v) is 9.38. The predicted octanol–water partition coefficient (Wildman–Crippen LogP) is 4.47. The Hall–Kier alpha value is -1.49. The van der Waals surface area contributed by atoms with Crippen molar-refractivity contribution < 1.29 is 9.21 Å². The summed E-state index contributed by atoms with van der Waals surface area (Å²) >= 11 is 12.0. The summed E-state index contributed by atoms with van der Waals surface area (Å²) in [6.45, 7) is 4.47. The number of amides is 1. The fourth-order valence-electron chi connectivity index (χ4n) is 4.03. The molecule has 0 spiro atoms. The molecule has 3 saturated heterocycles. The van der Waals surface area contributed by atoms with E-state index in [-0.39, 0.29) is 11.9 Å². The minimum atomic E-state index is -0.156. The van der Waals surface area contributed by atoms with Crippen molar-refractivity contribution in [2.24, 2.45) is 5.92 Å². The summed E-state index contributed by atoms with van der Waals surface area (Å²) in [5.74, 6) is 1.33. The highest BCUT2D eigenvalue weighted by atomic mass is 35.5. The highest BCUT2D eigenvalue weighted by molar-refractivity contribution is 6.42. The van der Waals surface area contributed by atoms with Gasteiger partial charge in [-0.2, -0.15) is 0 Å². The third-order valence-corrected chi connectivity index (χ3v) is 6.25. The standard InChI is InChI=1S/C19H20Cl2N2O2/c1-11-18(12-6-8-23(11)9-7-12)22-19(24)17-5-4-16(25-17)13-2-3-14(20)15(21)10-13/h2-5,10-12,18H,6-9H2,1H3,(H,22,24). The van der Waals surface area contributed by atoms with Gasteiger partial charge >= 0.3 is 0 Å². The number of carbonyl (C=O) groups excluding carboxylic acids is 1. The van der Waals surface area contributed by atoms with Crippen molar-refractivity contribution in [2.45, 2.75) is 31.8 Å². The molecule has 132 valence electrons. The van der Waals surface area contributed by atoms with E-state index >= 15 is 0 Å². The normalized spacial score (nSPS) is 28.1. The molecule has 6 heteroatoms. The number of carbonyl (C=O) groups is 1. The van der Waals surface area contributed by atoms with E-state index in [1.165, 1.54) is 0 Å². The zero-order valence-electron chi connectivity index (χ0n) is 14.0. The van der Waals surface area contributed by atoms with Crippen molar-refractivity contribution in [3.05, 3.63) is 46.1 Å². The number of furan rings is 1. The molecule has 1 amide bonds. The van der Waals surface area contributed by atoms with Gasteiger partial charge in [-0.25, -0.2) is 0 Å². The first-order chi connectivity index (χ1) is 12.0. The second kappa shape index (κ2) is 6.67. The summed E-state index contributed by atoms with van der Waals surface area (Å²) in [4.78, 5) is 15.1. The lowest BCUT2D eigenvalue weighted by Crippen LogP contribution is -2.62. The minimum absolute atomic E-state index is 0.156. The summed E-state index contributed by atoms with van der Waals surface area (Å²) in [5.41, 5.74) is 0.796. The van der Waals surface area contributed by atoms with Crippen LogP contribution in [0.2, 0.25) is 10.0 Å². The molecule has 1 aromatic heterocycles. The molecule has 2 atom stereocenters. The summed E-state index contributed by atoms with van der Waals surface area (Å²) in [5, 5.41) is 4.13. The molecule has 3 fully saturated rings. The van der Waals surface area contributed by atoms with Crippen LogP contribution in [0, 0.1) is 5.92 Å². The number of nitrogens with one attached hydrogen (secondary N) is 1. The molecule has 0 aliphatic carbocycles. The summed E-state index contributed by atoms with van der Waals surface area (Å²) < 4.78 is 5.76. The van der Waals surface area contributed by atoms with Crippen LogP contribution in [-0.2, 0) is 0 Å². The zero-order chi connectivity index (χ0) is 17.6. The topological polar surface area (TPSA) is 45.5 Å². The van der Waals surface area contributed by atoms with Crippen molar-refractivity contribution in [3.63, 3.8) is 0 Å². The molecule has 0 saturated carbocycles. The van der Waals surface area contributed by atoms with Gasteiger partial charge in [0, 0.05) is 17.6 Å². The summed E-state index contributed by atoms with van der Waals surface area (Å²) in [6, 6.07) is 9.34. The fraction of sp³-hybridized carbons (Fsp3) is 0.421. The van der Waals surface area contributed by atoms with Gasteiger partial charge in [0.1, 0.15) is 5.76 Å². The number of hydrogen-bond donors (Lipinski definition) is 1. The van der Waals surface area contributed by atoms with Crippen LogP contribution in [0.1, 0.15) is 30.3 Å². The van der Waals surface area contributed by atoms with Crippen molar-refractivity contribution in [3.8, 4) is 11.3 Å². The molecule has 5 rings (SSSR count). The van der Waals surface area contributed by atoms with E-state index in [4.69, 9.17) is 27.6 Å². The maximum absolute atomic E-state index is 12.6. The maximum Gasteiger partial charge on any atom is 0.287 e. The Kier molecular flexibility index (Phi) is 4.52. The van der Waals surface area contributed by atoms with E-state index in [1.807, 2.05) is 6.07 Å². The Bertz CT molecular complexity index is 794. The smallest absolute Gasteiger partial charge is 0.287 e. The number of halogens is 2. The van der Waals surface area contributed by atoms with E-state index in [0.717, 1.165) is 31.5 Å². The summed E-state index contributed by atoms with van der Waals surface area (Å²) in [7, 11) is 0. The van der Waals surface area contributed by atoms with Gasteiger partial charge in [0.25, 0.3) is 5.91 Å². The van der Waals surface area contributed by atoms with Crippen molar-refractivity contribution in [1.29, 1.82) is 0 Å². The third-order valence-electron chi connectivity index (χ3n) is 5.51. The van der Waals surface area contributed by atoms with Crippen molar-refractivity contribution >= 4 is 29.1 Å². The van der Waals surface area contributed by atoms with Gasteiger partial charge in [-0.1, -0.05) is 23.2 Å². The molecule has 1 aromatic carbocycles. The molecular weight excluding hydrogens is 359 g/mol. The number of piperidine rings is 3. The lowest BCUT2D eigenvalue weighted by molar-refractivity contribution is 0.0211. The van der Waals surface area contributed by atoms with Crippen molar-refractivity contribution in [1.82, 2.24) is 10.2 Å². The van der Waals surface area contributed by atoms with Gasteiger partial charge in [0.2, 0.25) is 0 Å². The van der Waals surface area contributed by atoms with Gasteiger partial charge in [-0.15, -0.1) is 0 Å². The number of fused-ring (bicyclic) bond motifs is 3. The van der Waals surface area contributed by atoms with Crippen LogP contribution in [0.3, 0.4) is 0 Å². The van der Waals surface area contributed by atoms with Crippen LogP contribution < -0.4 is 5.32 Å². The molecule has 2 unspecified atom stereocenters. The highest BCUT2D eigenvalue weighted by Crippen LogP contribution is 2.33. The zero-order valence-corrected chi connectivity index (χ0v) is 15.5. The number of nitrogens with zero attached hydrogens (tertiary/aromatic N) is 1. The molecule has 25 heavy (non-hydrogen) atoms. The van der Waals surface area contributed by atoms with E-state index in [1.54, 1.807) is 24.3 Å². The van der Waals surface area contributed by atoms with E-state index in [0.29, 0.717) is 33.5 Å². The molecule has 1 N–H and O–H groups in total. The largest absolute Gasteiger partial charge is 0.451 e. The molecular formula is C19H20Cl2N2O2. The number of rotatable bonds is 3.